The second kappa shape index (κ2) is 25.7. The van der Waals surface area contributed by atoms with E-state index < -0.39 is 11.6 Å². The van der Waals surface area contributed by atoms with E-state index >= 15 is 0 Å². The van der Waals surface area contributed by atoms with Crippen LogP contribution in [0, 0.1) is 27.7 Å². The van der Waals surface area contributed by atoms with Gasteiger partial charge in [-0.2, -0.15) is 25.7 Å². The molecule has 4 aromatic rings. The molecule has 0 spiro atoms. The van der Waals surface area contributed by atoms with E-state index in [9.17, 15) is 0 Å². The molecule has 0 aliphatic carbocycles. The van der Waals surface area contributed by atoms with Gasteiger partial charge in [0.05, 0.1) is 58.1 Å². The predicted octanol–water partition coefficient (Wildman–Crippen LogP) is 12.0. The van der Waals surface area contributed by atoms with Crippen LogP contribution < -0.4 is 0 Å². The van der Waals surface area contributed by atoms with Crippen molar-refractivity contribution >= 4 is 60.8 Å². The monoisotopic (exact) mass is 976 g/mol. The fraction of sp³-hybridized carbons (Fsp3) is 0.500. The minimum absolute atomic E-state index is 0.127. The first-order chi connectivity index (χ1) is 24.5. The van der Waals surface area contributed by atoms with Gasteiger partial charge in [-0.15, -0.1) is 0 Å². The fourth-order valence-corrected chi connectivity index (χ4v) is 5.15. The summed E-state index contributed by atoms with van der Waals surface area (Å²) in [5.74, 6) is 0.586. The van der Waals surface area contributed by atoms with Crippen molar-refractivity contribution in [3.05, 3.63) is 99.3 Å². The summed E-state index contributed by atoms with van der Waals surface area (Å²) >= 11 is -0.691. The van der Waals surface area contributed by atoms with Crippen LogP contribution in [0.4, 0.5) is 0 Å². The molecule has 6 atom stereocenters. The summed E-state index contributed by atoms with van der Waals surface area (Å²) in [5.41, 5.74) is 18.8. The van der Waals surface area contributed by atoms with Crippen LogP contribution in [0.25, 0.3) is 33.5 Å². The first kappa shape index (κ1) is 49.6. The fourth-order valence-electron chi connectivity index (χ4n) is 5.15. The molecule has 4 unspecified atom stereocenters. The van der Waals surface area contributed by atoms with Crippen LogP contribution in [0.5, 0.6) is 0 Å². The van der Waals surface area contributed by atoms with E-state index in [1.807, 2.05) is 76.2 Å². The number of benzene rings is 2. The Balaban J connectivity index is 0.000000330. The topological polar surface area (TPSA) is 142 Å². The third-order valence-electron chi connectivity index (χ3n) is 7.34. The summed E-state index contributed by atoms with van der Waals surface area (Å²) in [7, 11) is 19.4. The number of fused-ring (bicyclic) bond motifs is 2. The maximum absolute atomic E-state index is 7.46. The van der Waals surface area contributed by atoms with Crippen molar-refractivity contribution in [2.45, 2.75) is 115 Å². The molecule has 2 aromatic carbocycles. The number of H-pyrrole nitrogens is 2. The van der Waals surface area contributed by atoms with Gasteiger partial charge < -0.3 is 68.1 Å². The van der Waals surface area contributed by atoms with Crippen molar-refractivity contribution in [1.82, 2.24) is 19.9 Å². The second-order valence-electron chi connectivity index (χ2n) is 12.4. The zero-order valence-electron chi connectivity index (χ0n) is 30.5. The van der Waals surface area contributed by atoms with Crippen LogP contribution in [-0.2, 0) is 49.2 Å². The first-order valence-electron chi connectivity index (χ1n) is 16.5. The number of aromatic nitrogens is 4. The standard InChI is InChI=1S/2C9H10N3.2C9H16O2.4ClH.2Ru/c2*1-6(10)9-11-7-4-2-3-5-8(7)12-9;2*1-5-7-8(6-2)11-9(3,4)10-7;;;;;;/h2*2-6,10H,1H3,(H,11,12);2*7-8H,1-2,5-6H2,3-4H3;4*1H;;/q2*-1;2*-2;;;;;2*+2/p-4/t2*6-;;;;;;;;/m00......../s1. The van der Waals surface area contributed by atoms with Crippen molar-refractivity contribution in [2.24, 2.45) is 0 Å². The molecule has 300 valence electrons. The Kier molecular flexibility index (Phi) is 24.5. The molecule has 2 saturated heterocycles. The number of nitrogens with one attached hydrogen (secondary N) is 4. The average molecular weight is 977 g/mol. The van der Waals surface area contributed by atoms with Crippen LogP contribution in [0.15, 0.2) is 48.5 Å². The number of nitrogens with zero attached hydrogens (tertiary/aromatic N) is 2. The maximum atomic E-state index is 7.46. The Morgan fingerprint density at radius 2 is 0.865 bits per heavy atom. The zero-order valence-corrected chi connectivity index (χ0v) is 37.0. The number of para-hydroxylation sites is 4. The molecular formula is C36H52Cl4N6O4Ru2-6. The van der Waals surface area contributed by atoms with Crippen LogP contribution in [-0.4, -0.2) is 55.9 Å². The van der Waals surface area contributed by atoms with Crippen molar-refractivity contribution < 1.29 is 49.2 Å². The molecule has 0 bridgehead atoms. The summed E-state index contributed by atoms with van der Waals surface area (Å²) in [6.07, 6.45) is 3.52. The Bertz CT molecular complexity index is 1320. The van der Waals surface area contributed by atoms with Crippen LogP contribution in [0.1, 0.15) is 91.0 Å². The Labute approximate surface area is 342 Å². The number of rotatable bonds is 6. The molecule has 4 heterocycles. The average Bonchev–Trinajstić information content (AvgIpc) is 3.87. The summed E-state index contributed by atoms with van der Waals surface area (Å²) < 4.78 is 22.3. The number of hydrogen-bond donors (Lipinski definition) is 2. The Morgan fingerprint density at radius 1 is 0.615 bits per heavy atom. The van der Waals surface area contributed by atoms with Crippen molar-refractivity contribution in [2.75, 3.05) is 0 Å². The molecule has 16 heteroatoms. The first-order valence-corrected chi connectivity index (χ1v) is 25.4. The summed E-state index contributed by atoms with van der Waals surface area (Å²) in [4.78, 5) is 14.7. The molecule has 10 nitrogen and oxygen atoms in total. The molecule has 2 aliphatic heterocycles. The van der Waals surface area contributed by atoms with E-state index in [2.05, 4.69) is 47.6 Å². The summed E-state index contributed by atoms with van der Waals surface area (Å²) in [6.45, 7) is 26.5. The van der Waals surface area contributed by atoms with E-state index in [0.29, 0.717) is 0 Å². The van der Waals surface area contributed by atoms with Crippen molar-refractivity contribution in [3.63, 3.8) is 0 Å². The number of halogens is 4. The van der Waals surface area contributed by atoms with Gasteiger partial charge in [-0.25, -0.2) is 9.97 Å². The van der Waals surface area contributed by atoms with Gasteiger partial charge in [-0.1, -0.05) is 50.2 Å². The molecule has 0 radical (unpaired) electrons. The number of imidazole rings is 2. The van der Waals surface area contributed by atoms with Gasteiger partial charge in [-0.3, -0.25) is 0 Å². The molecule has 2 aromatic heterocycles. The quantitative estimate of drug-likeness (QED) is 0.146. The zero-order chi connectivity index (χ0) is 39.5. The second-order valence-corrected chi connectivity index (χ2v) is 17.7. The van der Waals surface area contributed by atoms with Crippen LogP contribution >= 0.6 is 38.8 Å². The van der Waals surface area contributed by atoms with E-state index in [0.717, 1.165) is 59.4 Å². The summed E-state index contributed by atoms with van der Waals surface area (Å²) in [5, 5.41) is 0. The normalized spacial score (nSPS) is 22.3. The van der Waals surface area contributed by atoms with E-state index in [4.69, 9.17) is 69.2 Å². The number of aromatic amines is 2. The summed E-state index contributed by atoms with van der Waals surface area (Å²) in [6, 6.07) is 15.1. The minimum atomic E-state index is -0.440. The van der Waals surface area contributed by atoms with Gasteiger partial charge in [0, 0.05) is 0 Å². The molecule has 6 rings (SSSR count). The Morgan fingerprint density at radius 3 is 1.08 bits per heavy atom. The van der Waals surface area contributed by atoms with Gasteiger partial charge >= 0.3 is 69.1 Å². The molecule has 2 aliphatic rings. The van der Waals surface area contributed by atoms with Crippen LogP contribution in [0.2, 0.25) is 0 Å². The number of ether oxygens (including phenoxy) is 4. The number of hydrogen-bond acceptors (Lipinski definition) is 6. The van der Waals surface area contributed by atoms with Gasteiger partial charge in [0.25, 0.3) is 0 Å². The molecular weight excluding hydrogens is 924 g/mol. The Hall–Kier alpha value is -0.453. The SMILES string of the molecule is C[C@H]([NH-])c1nc2ccccc2[nH]1.C[C@H]([NH-])c1nc2ccccc2[nH]1.[CH2-]CC1OC(C)(C)OC1C[CH2-].[CH2-]CC1OC(C)(C)OC1C[CH2-].[Cl][Ru][Cl].[Cl][Ru][Cl]. The molecule has 0 saturated carbocycles. The third-order valence-corrected chi connectivity index (χ3v) is 7.34. The van der Waals surface area contributed by atoms with Crippen molar-refractivity contribution in [3.8, 4) is 0 Å². The third kappa shape index (κ3) is 17.6. The van der Waals surface area contributed by atoms with E-state index in [-0.39, 0.29) is 66.8 Å². The van der Waals surface area contributed by atoms with Gasteiger partial charge in [0.1, 0.15) is 0 Å². The van der Waals surface area contributed by atoms with Gasteiger partial charge in [0.2, 0.25) is 0 Å². The molecule has 52 heavy (non-hydrogen) atoms. The van der Waals surface area contributed by atoms with Gasteiger partial charge in [-0.05, 0) is 52.0 Å². The van der Waals surface area contributed by atoms with E-state index in [1.165, 1.54) is 0 Å². The van der Waals surface area contributed by atoms with Crippen LogP contribution in [0.3, 0.4) is 0 Å². The molecule has 4 N–H and O–H groups in total. The van der Waals surface area contributed by atoms with E-state index in [1.54, 1.807) is 13.8 Å². The van der Waals surface area contributed by atoms with Gasteiger partial charge in [0.15, 0.2) is 11.6 Å². The van der Waals surface area contributed by atoms with Crippen molar-refractivity contribution in [1.29, 1.82) is 0 Å². The molecule has 0 amide bonds. The predicted molar refractivity (Wildman–Crippen MR) is 209 cm³/mol. The molecule has 2 fully saturated rings.